The smallest absolute Gasteiger partial charge is 0.253 e. The first-order valence-corrected chi connectivity index (χ1v) is 15.4. The summed E-state index contributed by atoms with van der Waals surface area (Å²) in [5.74, 6) is -0.881. The number of nitrogens with two attached hydrogens (primary N) is 1. The van der Waals surface area contributed by atoms with Crippen LogP contribution in [0.2, 0.25) is 0 Å². The van der Waals surface area contributed by atoms with Crippen molar-refractivity contribution in [2.45, 2.75) is 57.8 Å². The number of carbonyl (C=O) groups excluding carboxylic acids is 4. The number of hydrazone groups is 3. The van der Waals surface area contributed by atoms with Crippen LogP contribution in [-0.2, 0) is 19.2 Å². The third kappa shape index (κ3) is 6.63. The quantitative estimate of drug-likeness (QED) is 0.282. The predicted octanol–water partition coefficient (Wildman–Crippen LogP) is 5.18. The molecule has 3 heterocycles. The molecule has 2 N–H and O–H groups in total. The van der Waals surface area contributed by atoms with Gasteiger partial charge in [-0.1, -0.05) is 54.6 Å². The molecular weight excluding hydrogens is 582 g/mol. The zero-order chi connectivity index (χ0) is 32.1. The highest BCUT2D eigenvalue weighted by atomic mass is 16.2. The maximum atomic E-state index is 13.4. The Labute approximate surface area is 267 Å². The number of hydrogen-bond donors (Lipinski definition) is 1. The highest BCUT2D eigenvalue weighted by Crippen LogP contribution is 2.38. The van der Waals surface area contributed by atoms with Crippen LogP contribution in [0.1, 0.15) is 57.8 Å². The molecule has 0 saturated heterocycles. The molecule has 4 amide bonds. The summed E-state index contributed by atoms with van der Waals surface area (Å²) >= 11 is 0. The Kier molecular flexibility index (Phi) is 8.82. The molecule has 0 radical (unpaired) electrons. The SMILES string of the molecule is NC(=O)C(CCC1=NN(c2ccccc2)C(=O)C1)(CCC1=NN(c2ccccc2)C(=O)C1)CCC1=NN(c2ccccc2)C(=O)C1. The van der Waals surface area contributed by atoms with Crippen molar-refractivity contribution in [2.75, 3.05) is 15.0 Å². The van der Waals surface area contributed by atoms with Gasteiger partial charge in [-0.2, -0.15) is 15.3 Å². The number of amides is 4. The van der Waals surface area contributed by atoms with E-state index in [4.69, 9.17) is 5.73 Å². The average molecular weight is 618 g/mol. The zero-order valence-corrected chi connectivity index (χ0v) is 25.4. The van der Waals surface area contributed by atoms with Gasteiger partial charge in [0.05, 0.1) is 41.7 Å². The van der Waals surface area contributed by atoms with E-state index in [2.05, 4.69) is 15.3 Å². The lowest BCUT2D eigenvalue weighted by molar-refractivity contribution is -0.128. The molecule has 0 aliphatic carbocycles. The van der Waals surface area contributed by atoms with Crippen molar-refractivity contribution in [1.29, 1.82) is 0 Å². The fourth-order valence-electron chi connectivity index (χ4n) is 6.07. The van der Waals surface area contributed by atoms with Crippen LogP contribution in [0.5, 0.6) is 0 Å². The summed E-state index contributed by atoms with van der Waals surface area (Å²) in [5, 5.41) is 17.9. The summed E-state index contributed by atoms with van der Waals surface area (Å²) in [6.07, 6.45) is 2.70. The van der Waals surface area contributed by atoms with Crippen LogP contribution in [0.25, 0.3) is 0 Å². The van der Waals surface area contributed by atoms with Crippen LogP contribution in [0.3, 0.4) is 0 Å². The van der Waals surface area contributed by atoms with Crippen LogP contribution in [0, 0.1) is 5.41 Å². The molecule has 234 valence electrons. The molecule has 3 aromatic rings. The number of benzene rings is 3. The van der Waals surface area contributed by atoms with Gasteiger partial charge >= 0.3 is 0 Å². The highest BCUT2D eigenvalue weighted by molar-refractivity contribution is 6.14. The van der Waals surface area contributed by atoms with Crippen LogP contribution < -0.4 is 20.8 Å². The van der Waals surface area contributed by atoms with Crippen molar-refractivity contribution in [1.82, 2.24) is 0 Å². The summed E-state index contributed by atoms with van der Waals surface area (Å²) in [6, 6.07) is 27.6. The van der Waals surface area contributed by atoms with Crippen LogP contribution in [0.15, 0.2) is 106 Å². The third-order valence-corrected chi connectivity index (χ3v) is 8.70. The lowest BCUT2D eigenvalue weighted by Gasteiger charge is -2.31. The van der Waals surface area contributed by atoms with Gasteiger partial charge in [0.15, 0.2) is 0 Å². The Bertz CT molecular complexity index is 1530. The van der Waals surface area contributed by atoms with Crippen LogP contribution in [0.4, 0.5) is 17.1 Å². The van der Waals surface area contributed by atoms with Gasteiger partial charge < -0.3 is 5.73 Å². The van der Waals surface area contributed by atoms with Crippen molar-refractivity contribution in [3.05, 3.63) is 91.0 Å². The molecule has 3 aliphatic heterocycles. The summed E-state index contributed by atoms with van der Waals surface area (Å²) < 4.78 is 0. The molecule has 6 rings (SSSR count). The number of nitrogens with zero attached hydrogens (tertiary/aromatic N) is 6. The summed E-state index contributed by atoms with van der Waals surface area (Å²) in [6.45, 7) is 0. The van der Waals surface area contributed by atoms with Crippen molar-refractivity contribution in [3.63, 3.8) is 0 Å². The second-order valence-corrected chi connectivity index (χ2v) is 11.8. The van der Waals surface area contributed by atoms with E-state index in [0.717, 1.165) is 0 Å². The largest absolute Gasteiger partial charge is 0.369 e. The van der Waals surface area contributed by atoms with Crippen molar-refractivity contribution in [2.24, 2.45) is 26.5 Å². The Hall–Kier alpha value is -5.45. The fourth-order valence-corrected chi connectivity index (χ4v) is 6.07. The molecular formula is C35H35N7O4. The van der Waals surface area contributed by atoms with E-state index in [0.29, 0.717) is 72.7 Å². The molecule has 11 nitrogen and oxygen atoms in total. The molecule has 0 unspecified atom stereocenters. The maximum absolute atomic E-state index is 13.4. The van der Waals surface area contributed by atoms with Gasteiger partial charge in [-0.25, -0.2) is 15.0 Å². The molecule has 11 heteroatoms. The van der Waals surface area contributed by atoms with Gasteiger partial charge in [-0.15, -0.1) is 0 Å². The summed E-state index contributed by atoms with van der Waals surface area (Å²) in [5.41, 5.74) is 9.23. The molecule has 3 aromatic carbocycles. The number of primary amides is 1. The summed E-state index contributed by atoms with van der Waals surface area (Å²) in [4.78, 5) is 51.8. The molecule has 0 aromatic heterocycles. The van der Waals surface area contributed by atoms with E-state index in [1.807, 2.05) is 91.0 Å². The van der Waals surface area contributed by atoms with Gasteiger partial charge in [-0.3, -0.25) is 19.2 Å². The first-order chi connectivity index (χ1) is 22.3. The minimum Gasteiger partial charge on any atom is -0.369 e. The minimum atomic E-state index is -1.01. The monoisotopic (exact) mass is 617 g/mol. The Morgan fingerprint density at radius 3 is 1.09 bits per heavy atom. The Morgan fingerprint density at radius 2 is 0.826 bits per heavy atom. The number of para-hydroxylation sites is 3. The van der Waals surface area contributed by atoms with E-state index in [1.165, 1.54) is 15.0 Å². The number of anilines is 3. The Morgan fingerprint density at radius 1 is 0.543 bits per heavy atom. The van der Waals surface area contributed by atoms with Crippen LogP contribution in [-0.4, -0.2) is 40.8 Å². The Balaban J connectivity index is 1.21. The lowest BCUT2D eigenvalue weighted by atomic mass is 9.73. The van der Waals surface area contributed by atoms with Crippen molar-refractivity contribution >= 4 is 57.8 Å². The zero-order valence-electron chi connectivity index (χ0n) is 25.4. The van der Waals surface area contributed by atoms with Crippen molar-refractivity contribution in [3.8, 4) is 0 Å². The van der Waals surface area contributed by atoms with Gasteiger partial charge in [0.1, 0.15) is 0 Å². The van der Waals surface area contributed by atoms with E-state index < -0.39 is 11.3 Å². The van der Waals surface area contributed by atoms with E-state index in [-0.39, 0.29) is 37.0 Å². The molecule has 0 spiro atoms. The first kappa shape index (κ1) is 30.6. The molecule has 46 heavy (non-hydrogen) atoms. The van der Waals surface area contributed by atoms with Crippen molar-refractivity contribution < 1.29 is 19.2 Å². The molecule has 0 saturated carbocycles. The van der Waals surface area contributed by atoms with E-state index in [1.54, 1.807) is 0 Å². The lowest BCUT2D eigenvalue weighted by Crippen LogP contribution is -2.38. The first-order valence-electron chi connectivity index (χ1n) is 15.4. The van der Waals surface area contributed by atoms with Gasteiger partial charge in [0.2, 0.25) is 5.91 Å². The minimum absolute atomic E-state index is 0.134. The number of hydrogen-bond acceptors (Lipinski definition) is 7. The fraction of sp³-hybridized carbons (Fsp3) is 0.286. The second-order valence-electron chi connectivity index (χ2n) is 11.8. The molecule has 0 bridgehead atoms. The third-order valence-electron chi connectivity index (χ3n) is 8.70. The van der Waals surface area contributed by atoms with E-state index in [9.17, 15) is 19.2 Å². The summed E-state index contributed by atoms with van der Waals surface area (Å²) in [7, 11) is 0. The van der Waals surface area contributed by atoms with E-state index >= 15 is 0 Å². The number of carbonyl (C=O) groups is 4. The maximum Gasteiger partial charge on any atom is 0.253 e. The second kappa shape index (κ2) is 13.3. The molecule has 0 atom stereocenters. The highest BCUT2D eigenvalue weighted by Gasteiger charge is 2.39. The topological polar surface area (TPSA) is 141 Å². The standard InChI is InChI=1S/C35H35N7O4/c36-34(46)35(19-16-25-22-31(43)40(37-25)28-10-4-1-5-11-28,20-17-26-23-32(44)41(38-26)29-12-6-2-7-13-29)21-18-27-24-33(45)42(39-27)30-14-8-3-9-15-30/h1-15H,16-24H2,(H2,36,46). The van der Waals surface area contributed by atoms with Crippen LogP contribution >= 0.6 is 0 Å². The van der Waals surface area contributed by atoms with Gasteiger partial charge in [0, 0.05) is 17.1 Å². The average Bonchev–Trinajstić information content (AvgIpc) is 3.77. The normalized spacial score (nSPS) is 16.7. The number of rotatable bonds is 13. The molecule has 3 aliphatic rings. The van der Waals surface area contributed by atoms with Gasteiger partial charge in [-0.05, 0) is 74.9 Å². The molecule has 0 fully saturated rings. The predicted molar refractivity (Wildman–Crippen MR) is 177 cm³/mol. The van der Waals surface area contributed by atoms with Gasteiger partial charge in [0.25, 0.3) is 17.7 Å².